The summed E-state index contributed by atoms with van der Waals surface area (Å²) in [7, 11) is -0.727. The monoisotopic (exact) mass is 550 g/mol. The molecular formula is C27H37F3N4O3Si. The number of fused-ring (bicyclic) bond motifs is 1. The Morgan fingerprint density at radius 1 is 1.11 bits per heavy atom. The second-order valence-corrected chi connectivity index (χ2v) is 16.6. The van der Waals surface area contributed by atoms with Crippen molar-refractivity contribution in [2.45, 2.75) is 85.3 Å². The van der Waals surface area contributed by atoms with Crippen LogP contribution in [0.2, 0.25) is 18.1 Å². The van der Waals surface area contributed by atoms with Gasteiger partial charge in [0.1, 0.15) is 0 Å². The van der Waals surface area contributed by atoms with Gasteiger partial charge in [0, 0.05) is 24.0 Å². The van der Waals surface area contributed by atoms with Crippen molar-refractivity contribution in [3.05, 3.63) is 58.3 Å². The topological polar surface area (TPSA) is 78.6 Å². The highest BCUT2D eigenvalue weighted by atomic mass is 28.4. The molecule has 1 unspecified atom stereocenters. The number of halogens is 3. The Hall–Kier alpha value is -2.79. The average Bonchev–Trinajstić information content (AvgIpc) is 3.25. The Kier molecular flexibility index (Phi) is 7.88. The molecule has 0 N–H and O–H groups in total. The van der Waals surface area contributed by atoms with Gasteiger partial charge in [-0.1, -0.05) is 20.8 Å². The Bertz CT molecular complexity index is 1340. The highest BCUT2D eigenvalue weighted by molar-refractivity contribution is 6.74. The fraction of sp³-hybridized carbons (Fsp3) is 0.556. The SMILES string of the molecule is COC(=O)C(C)(C)C(c1cnc(C)c(CO[Si](C)(C)C(C)(C)C)c1)c1ccn2c(C(F)(F)F)nnc2c1C. The molecule has 0 aromatic carbocycles. The van der Waals surface area contributed by atoms with Gasteiger partial charge in [-0.15, -0.1) is 10.2 Å². The molecule has 0 aliphatic carbocycles. The minimum Gasteiger partial charge on any atom is -0.469 e. The van der Waals surface area contributed by atoms with Crippen LogP contribution in [0.25, 0.3) is 5.65 Å². The molecule has 0 aliphatic heterocycles. The van der Waals surface area contributed by atoms with E-state index in [1.807, 2.05) is 13.0 Å². The largest absolute Gasteiger partial charge is 0.469 e. The Morgan fingerprint density at radius 2 is 1.74 bits per heavy atom. The molecule has 0 fully saturated rings. The maximum Gasteiger partial charge on any atom is 0.452 e. The van der Waals surface area contributed by atoms with Gasteiger partial charge in [0.25, 0.3) is 0 Å². The van der Waals surface area contributed by atoms with Gasteiger partial charge in [0.05, 0.1) is 19.1 Å². The molecule has 208 valence electrons. The third-order valence-corrected chi connectivity index (χ3v) is 12.3. The van der Waals surface area contributed by atoms with Crippen LogP contribution in [0.3, 0.4) is 0 Å². The van der Waals surface area contributed by atoms with E-state index in [4.69, 9.17) is 9.16 Å². The predicted molar refractivity (Wildman–Crippen MR) is 141 cm³/mol. The van der Waals surface area contributed by atoms with Crippen LogP contribution in [0.15, 0.2) is 24.5 Å². The van der Waals surface area contributed by atoms with Crippen LogP contribution in [0, 0.1) is 19.3 Å². The van der Waals surface area contributed by atoms with Crippen LogP contribution < -0.4 is 0 Å². The van der Waals surface area contributed by atoms with Crippen LogP contribution in [-0.2, 0) is 26.7 Å². The molecule has 0 saturated heterocycles. The van der Waals surface area contributed by atoms with Gasteiger partial charge < -0.3 is 9.16 Å². The first-order chi connectivity index (χ1) is 17.3. The summed E-state index contributed by atoms with van der Waals surface area (Å²) in [5, 5.41) is 7.23. The number of methoxy groups -OCH3 is 1. The molecule has 7 nitrogen and oxygen atoms in total. The predicted octanol–water partition coefficient (Wildman–Crippen LogP) is 6.61. The number of alkyl halides is 3. The standard InChI is InChI=1S/C27H37F3N4O3Si/c1-16-20(11-12-34-22(16)32-33-23(34)27(28,29)30)21(26(6,7)24(35)36-8)18-13-19(17(2)31-14-18)15-37-38(9,10)25(3,4)5/h11-14,21H,15H2,1-10H3. The minimum absolute atomic E-state index is 0.0292. The van der Waals surface area contributed by atoms with Crippen LogP contribution in [0.5, 0.6) is 0 Å². The third-order valence-electron chi connectivity index (χ3n) is 7.81. The Morgan fingerprint density at radius 3 is 2.29 bits per heavy atom. The summed E-state index contributed by atoms with van der Waals surface area (Å²) >= 11 is 0. The molecule has 0 spiro atoms. The van der Waals surface area contributed by atoms with E-state index in [0.29, 0.717) is 17.7 Å². The van der Waals surface area contributed by atoms with Crippen molar-refractivity contribution in [3.8, 4) is 0 Å². The lowest BCUT2D eigenvalue weighted by Crippen LogP contribution is -2.40. The number of nitrogens with zero attached hydrogens (tertiary/aromatic N) is 4. The van der Waals surface area contributed by atoms with E-state index in [1.54, 1.807) is 33.0 Å². The van der Waals surface area contributed by atoms with E-state index in [9.17, 15) is 18.0 Å². The molecule has 3 aromatic heterocycles. The summed E-state index contributed by atoms with van der Waals surface area (Å²) < 4.78 is 52.9. The minimum atomic E-state index is -4.65. The van der Waals surface area contributed by atoms with Crippen LogP contribution >= 0.6 is 0 Å². The number of aryl methyl sites for hydroxylation is 2. The molecule has 38 heavy (non-hydrogen) atoms. The molecule has 11 heteroatoms. The smallest absolute Gasteiger partial charge is 0.452 e. The van der Waals surface area contributed by atoms with Gasteiger partial charge >= 0.3 is 12.1 Å². The van der Waals surface area contributed by atoms with E-state index in [-0.39, 0.29) is 10.7 Å². The number of pyridine rings is 2. The molecule has 0 amide bonds. The van der Waals surface area contributed by atoms with E-state index in [1.165, 1.54) is 13.3 Å². The summed E-state index contributed by atoms with van der Waals surface area (Å²) in [6.07, 6.45) is -1.66. The highest BCUT2D eigenvalue weighted by Crippen LogP contribution is 2.44. The van der Waals surface area contributed by atoms with Crippen LogP contribution in [0.1, 0.15) is 74.3 Å². The van der Waals surface area contributed by atoms with E-state index >= 15 is 0 Å². The summed E-state index contributed by atoms with van der Waals surface area (Å²) in [4.78, 5) is 17.6. The van der Waals surface area contributed by atoms with Crippen LogP contribution in [0.4, 0.5) is 13.2 Å². The zero-order valence-electron chi connectivity index (χ0n) is 23.7. The van der Waals surface area contributed by atoms with Crippen molar-refractivity contribution in [3.63, 3.8) is 0 Å². The summed E-state index contributed by atoms with van der Waals surface area (Å²) in [6.45, 7) is 18.3. The Labute approximate surface area is 222 Å². The number of hydrogen-bond donors (Lipinski definition) is 0. The van der Waals surface area contributed by atoms with Gasteiger partial charge in [-0.25, -0.2) is 0 Å². The Balaban J connectivity index is 2.18. The van der Waals surface area contributed by atoms with Gasteiger partial charge in [-0.2, -0.15) is 13.2 Å². The lowest BCUT2D eigenvalue weighted by atomic mass is 9.70. The zero-order valence-corrected chi connectivity index (χ0v) is 24.7. The quantitative estimate of drug-likeness (QED) is 0.243. The molecule has 0 bridgehead atoms. The third kappa shape index (κ3) is 5.49. The van der Waals surface area contributed by atoms with Crippen molar-refractivity contribution in [2.24, 2.45) is 5.41 Å². The number of carbonyl (C=O) groups excluding carboxylic acids is 1. The lowest BCUT2D eigenvalue weighted by Gasteiger charge is -2.36. The molecule has 0 radical (unpaired) electrons. The second kappa shape index (κ2) is 10.1. The highest BCUT2D eigenvalue weighted by Gasteiger charge is 2.43. The van der Waals surface area contributed by atoms with Gasteiger partial charge in [-0.3, -0.25) is 14.2 Å². The van der Waals surface area contributed by atoms with E-state index in [0.717, 1.165) is 21.2 Å². The number of esters is 1. The van der Waals surface area contributed by atoms with Crippen molar-refractivity contribution < 1.29 is 27.1 Å². The lowest BCUT2D eigenvalue weighted by molar-refractivity contribution is -0.151. The molecule has 0 saturated carbocycles. The normalized spacial score (nSPS) is 14.1. The van der Waals surface area contributed by atoms with Crippen molar-refractivity contribution >= 4 is 19.9 Å². The first kappa shape index (κ1) is 29.8. The summed E-state index contributed by atoms with van der Waals surface area (Å²) in [6, 6.07) is 3.56. The maximum atomic E-state index is 13.5. The molecule has 0 aliphatic rings. The van der Waals surface area contributed by atoms with Crippen molar-refractivity contribution in [1.82, 2.24) is 19.6 Å². The van der Waals surface area contributed by atoms with Gasteiger partial charge in [-0.05, 0) is 80.2 Å². The number of hydrogen-bond acceptors (Lipinski definition) is 6. The van der Waals surface area contributed by atoms with Crippen molar-refractivity contribution in [2.75, 3.05) is 7.11 Å². The number of rotatable bonds is 7. The van der Waals surface area contributed by atoms with Gasteiger partial charge in [0.2, 0.25) is 5.82 Å². The number of aromatic nitrogens is 4. The fourth-order valence-electron chi connectivity index (χ4n) is 4.34. The summed E-state index contributed by atoms with van der Waals surface area (Å²) in [5.74, 6) is -2.16. The second-order valence-electron chi connectivity index (χ2n) is 11.8. The average molecular weight is 551 g/mol. The molecule has 1 atom stereocenters. The zero-order chi connectivity index (χ0) is 28.8. The maximum absolute atomic E-state index is 13.5. The molecule has 3 aromatic rings. The first-order valence-electron chi connectivity index (χ1n) is 12.4. The number of ether oxygens (including phenoxy) is 1. The molecular weight excluding hydrogens is 513 g/mol. The van der Waals surface area contributed by atoms with E-state index < -0.39 is 37.6 Å². The first-order valence-corrected chi connectivity index (χ1v) is 15.3. The molecule has 3 rings (SSSR count). The molecule has 3 heterocycles. The summed E-state index contributed by atoms with van der Waals surface area (Å²) in [5.41, 5.74) is 2.53. The van der Waals surface area contributed by atoms with Crippen LogP contribution in [-0.4, -0.2) is 41.0 Å². The number of carbonyl (C=O) groups is 1. The van der Waals surface area contributed by atoms with E-state index in [2.05, 4.69) is 49.0 Å². The van der Waals surface area contributed by atoms with Gasteiger partial charge in [0.15, 0.2) is 14.0 Å². The van der Waals surface area contributed by atoms with Crippen molar-refractivity contribution in [1.29, 1.82) is 0 Å². The fourth-order valence-corrected chi connectivity index (χ4v) is 5.29.